The van der Waals surface area contributed by atoms with Crippen molar-refractivity contribution in [3.63, 3.8) is 0 Å². The molecule has 2 aromatic rings. The molecule has 1 heterocycles. The average molecular weight is 306 g/mol. The van der Waals surface area contributed by atoms with Crippen molar-refractivity contribution in [2.24, 2.45) is 0 Å². The summed E-state index contributed by atoms with van der Waals surface area (Å²) in [6.07, 6.45) is 1.79. The van der Waals surface area contributed by atoms with Gasteiger partial charge in [0.15, 0.2) is 5.82 Å². The monoisotopic (exact) mass is 305 g/mol. The van der Waals surface area contributed by atoms with Gasteiger partial charge >= 0.3 is 0 Å². The van der Waals surface area contributed by atoms with Crippen LogP contribution < -0.4 is 5.32 Å². The van der Waals surface area contributed by atoms with Gasteiger partial charge < -0.3 is 5.32 Å². The van der Waals surface area contributed by atoms with Crippen LogP contribution in [0.1, 0.15) is 18.1 Å². The van der Waals surface area contributed by atoms with Crippen molar-refractivity contribution in [1.82, 2.24) is 9.97 Å². The molecule has 0 saturated carbocycles. The summed E-state index contributed by atoms with van der Waals surface area (Å²) in [5, 5.41) is 3.22. The van der Waals surface area contributed by atoms with E-state index >= 15 is 0 Å². The normalized spacial score (nSPS) is 10.4. The highest BCUT2D eigenvalue weighted by molar-refractivity contribution is 9.10. The minimum Gasteiger partial charge on any atom is -0.369 e. The second-order valence-corrected chi connectivity index (χ2v) is 5.09. The summed E-state index contributed by atoms with van der Waals surface area (Å²) >= 11 is 3.45. The smallest absolute Gasteiger partial charge is 0.161 e. The summed E-state index contributed by atoms with van der Waals surface area (Å²) < 4.78 is 0.887. The van der Waals surface area contributed by atoms with Gasteiger partial charge in [-0.2, -0.15) is 0 Å². The molecule has 0 aliphatic rings. The highest BCUT2D eigenvalue weighted by atomic mass is 79.9. The first-order valence-corrected chi connectivity index (χ1v) is 6.75. The molecule has 0 aliphatic heterocycles. The van der Waals surface area contributed by atoms with E-state index in [0.717, 1.165) is 28.2 Å². The molecule has 0 spiro atoms. The van der Waals surface area contributed by atoms with E-state index in [0.29, 0.717) is 0 Å². The third-order valence-electron chi connectivity index (χ3n) is 2.72. The third-order valence-corrected chi connectivity index (χ3v) is 3.30. The standard InChI is InChI=1S/C14H16BrN3/c1-4-16-14-12(15)8-17-13(18-14)11-7-9(2)5-6-10(11)3/h5-8H,4H2,1-3H3,(H,16,17,18). The molecule has 0 unspecified atom stereocenters. The summed E-state index contributed by atoms with van der Waals surface area (Å²) in [5.41, 5.74) is 3.49. The summed E-state index contributed by atoms with van der Waals surface area (Å²) in [7, 11) is 0. The second kappa shape index (κ2) is 5.48. The third kappa shape index (κ3) is 2.70. The quantitative estimate of drug-likeness (QED) is 0.933. The van der Waals surface area contributed by atoms with E-state index in [1.807, 2.05) is 6.92 Å². The number of rotatable bonds is 3. The molecule has 0 amide bonds. The Balaban J connectivity index is 2.50. The maximum absolute atomic E-state index is 4.57. The lowest BCUT2D eigenvalue weighted by Crippen LogP contribution is -2.02. The molecule has 18 heavy (non-hydrogen) atoms. The fourth-order valence-electron chi connectivity index (χ4n) is 1.77. The summed E-state index contributed by atoms with van der Waals surface area (Å²) in [4.78, 5) is 8.96. The van der Waals surface area contributed by atoms with Gasteiger partial charge in [-0.25, -0.2) is 9.97 Å². The molecule has 2 rings (SSSR count). The topological polar surface area (TPSA) is 37.8 Å². The minimum absolute atomic E-state index is 0.760. The molecule has 4 heteroatoms. The van der Waals surface area contributed by atoms with Gasteiger partial charge in [-0.15, -0.1) is 0 Å². The number of benzene rings is 1. The zero-order valence-corrected chi connectivity index (χ0v) is 12.4. The number of anilines is 1. The molecular weight excluding hydrogens is 290 g/mol. The molecule has 0 fully saturated rings. The van der Waals surface area contributed by atoms with Crippen LogP contribution in [-0.4, -0.2) is 16.5 Å². The summed E-state index contributed by atoms with van der Waals surface area (Å²) in [5.74, 6) is 1.60. The summed E-state index contributed by atoms with van der Waals surface area (Å²) in [6, 6.07) is 6.32. The lowest BCUT2D eigenvalue weighted by Gasteiger charge is -2.09. The maximum Gasteiger partial charge on any atom is 0.161 e. The van der Waals surface area contributed by atoms with E-state index in [2.05, 4.69) is 63.3 Å². The van der Waals surface area contributed by atoms with Gasteiger partial charge in [0.2, 0.25) is 0 Å². The molecule has 1 aromatic heterocycles. The Kier molecular flexibility index (Phi) is 3.97. The van der Waals surface area contributed by atoms with Crippen molar-refractivity contribution in [2.75, 3.05) is 11.9 Å². The molecule has 0 radical (unpaired) electrons. The van der Waals surface area contributed by atoms with Crippen molar-refractivity contribution in [3.05, 3.63) is 40.0 Å². The first-order chi connectivity index (χ1) is 8.61. The van der Waals surface area contributed by atoms with E-state index in [1.54, 1.807) is 6.20 Å². The summed E-state index contributed by atoms with van der Waals surface area (Å²) in [6.45, 7) is 7.04. The lowest BCUT2D eigenvalue weighted by atomic mass is 10.1. The maximum atomic E-state index is 4.57. The van der Waals surface area contributed by atoms with Gasteiger partial charge in [-0.3, -0.25) is 0 Å². The number of aromatic nitrogens is 2. The minimum atomic E-state index is 0.760. The lowest BCUT2D eigenvalue weighted by molar-refractivity contribution is 1.10. The molecule has 1 N–H and O–H groups in total. The van der Waals surface area contributed by atoms with Gasteiger partial charge in [-0.1, -0.05) is 17.7 Å². The highest BCUT2D eigenvalue weighted by Crippen LogP contribution is 2.25. The second-order valence-electron chi connectivity index (χ2n) is 4.24. The fourth-order valence-corrected chi connectivity index (χ4v) is 2.10. The number of aryl methyl sites for hydroxylation is 2. The van der Waals surface area contributed by atoms with Crippen LogP contribution in [0, 0.1) is 13.8 Å². The van der Waals surface area contributed by atoms with Crippen molar-refractivity contribution in [3.8, 4) is 11.4 Å². The molecule has 0 saturated heterocycles. The van der Waals surface area contributed by atoms with Crippen LogP contribution in [0.2, 0.25) is 0 Å². The van der Waals surface area contributed by atoms with Crippen LogP contribution in [0.3, 0.4) is 0 Å². The Morgan fingerprint density at radius 3 is 2.78 bits per heavy atom. The van der Waals surface area contributed by atoms with E-state index in [4.69, 9.17) is 0 Å². The van der Waals surface area contributed by atoms with Gasteiger partial charge in [0.1, 0.15) is 5.82 Å². The molecule has 94 valence electrons. The molecular formula is C14H16BrN3. The van der Waals surface area contributed by atoms with E-state index in [-0.39, 0.29) is 0 Å². The van der Waals surface area contributed by atoms with Crippen LogP contribution >= 0.6 is 15.9 Å². The van der Waals surface area contributed by atoms with Crippen LogP contribution in [-0.2, 0) is 0 Å². The first-order valence-electron chi connectivity index (χ1n) is 5.96. The fraction of sp³-hybridized carbons (Fsp3) is 0.286. The number of nitrogens with zero attached hydrogens (tertiary/aromatic N) is 2. The number of halogens is 1. The number of nitrogens with one attached hydrogen (secondary N) is 1. The van der Waals surface area contributed by atoms with Crippen molar-refractivity contribution >= 4 is 21.7 Å². The number of hydrogen-bond acceptors (Lipinski definition) is 3. The van der Waals surface area contributed by atoms with Crippen LogP contribution in [0.25, 0.3) is 11.4 Å². The van der Waals surface area contributed by atoms with Crippen LogP contribution in [0.4, 0.5) is 5.82 Å². The molecule has 0 bridgehead atoms. The first kappa shape index (κ1) is 13.0. The van der Waals surface area contributed by atoms with Crippen molar-refractivity contribution < 1.29 is 0 Å². The zero-order chi connectivity index (χ0) is 13.1. The molecule has 1 aromatic carbocycles. The van der Waals surface area contributed by atoms with E-state index in [9.17, 15) is 0 Å². The predicted octanol–water partition coefficient (Wildman–Crippen LogP) is 3.95. The zero-order valence-electron chi connectivity index (χ0n) is 10.8. The van der Waals surface area contributed by atoms with Gasteiger partial charge in [0.05, 0.1) is 4.47 Å². The van der Waals surface area contributed by atoms with Crippen molar-refractivity contribution in [1.29, 1.82) is 0 Å². The van der Waals surface area contributed by atoms with Crippen LogP contribution in [0.5, 0.6) is 0 Å². The van der Waals surface area contributed by atoms with Crippen molar-refractivity contribution in [2.45, 2.75) is 20.8 Å². The Hall–Kier alpha value is -1.42. The average Bonchev–Trinajstić information content (AvgIpc) is 2.35. The largest absolute Gasteiger partial charge is 0.369 e. The molecule has 3 nitrogen and oxygen atoms in total. The van der Waals surface area contributed by atoms with E-state index < -0.39 is 0 Å². The van der Waals surface area contributed by atoms with Gasteiger partial charge in [0.25, 0.3) is 0 Å². The van der Waals surface area contributed by atoms with Gasteiger partial charge in [0, 0.05) is 18.3 Å². The van der Waals surface area contributed by atoms with Crippen LogP contribution in [0.15, 0.2) is 28.9 Å². The molecule has 0 atom stereocenters. The Morgan fingerprint density at radius 2 is 2.06 bits per heavy atom. The molecule has 0 aliphatic carbocycles. The predicted molar refractivity (Wildman–Crippen MR) is 78.8 cm³/mol. The Bertz CT molecular complexity index is 567. The highest BCUT2D eigenvalue weighted by Gasteiger charge is 2.08. The van der Waals surface area contributed by atoms with Gasteiger partial charge in [-0.05, 0) is 48.3 Å². The SMILES string of the molecule is CCNc1nc(-c2cc(C)ccc2C)ncc1Br. The Morgan fingerprint density at radius 1 is 1.28 bits per heavy atom. The number of hydrogen-bond donors (Lipinski definition) is 1. The Labute approximate surface area is 116 Å². The van der Waals surface area contributed by atoms with E-state index in [1.165, 1.54) is 11.1 Å².